The van der Waals surface area contributed by atoms with Gasteiger partial charge in [0.2, 0.25) is 0 Å². The van der Waals surface area contributed by atoms with E-state index in [0.717, 1.165) is 44.8 Å². The lowest BCUT2D eigenvalue weighted by atomic mass is 9.74. The van der Waals surface area contributed by atoms with Crippen LogP contribution in [0.4, 0.5) is 0 Å². The van der Waals surface area contributed by atoms with E-state index < -0.39 is 5.60 Å². The summed E-state index contributed by atoms with van der Waals surface area (Å²) in [6.07, 6.45) is 2.66. The minimum Gasteiger partial charge on any atom is -0.492 e. The summed E-state index contributed by atoms with van der Waals surface area (Å²) in [4.78, 5) is 14.3. The predicted octanol–water partition coefficient (Wildman–Crippen LogP) is 4.48. The summed E-state index contributed by atoms with van der Waals surface area (Å²) < 4.78 is 11.4. The lowest BCUT2D eigenvalue weighted by Gasteiger charge is -2.38. The first-order valence-corrected chi connectivity index (χ1v) is 9.96. The van der Waals surface area contributed by atoms with Gasteiger partial charge in [0.15, 0.2) is 0 Å². The third kappa shape index (κ3) is 5.00. The van der Waals surface area contributed by atoms with E-state index in [1.54, 1.807) is 0 Å². The molecule has 2 heterocycles. The second-order valence-electron chi connectivity index (χ2n) is 8.25. The van der Waals surface area contributed by atoms with Crippen molar-refractivity contribution >= 4 is 5.97 Å². The maximum atomic E-state index is 11.9. The smallest absolute Gasteiger partial charge is 0.307 e. The molecule has 1 fully saturated rings. The van der Waals surface area contributed by atoms with Gasteiger partial charge in [0.1, 0.15) is 11.4 Å². The second-order valence-corrected chi connectivity index (χ2v) is 8.25. The average molecular weight is 362 g/mol. The monoisotopic (exact) mass is 361 g/mol. The molecule has 146 valence electrons. The Bertz CT molecular complexity index is 610. The van der Waals surface area contributed by atoms with Gasteiger partial charge in [0.05, 0.1) is 13.0 Å². The maximum Gasteiger partial charge on any atom is 0.307 e. The molecule has 2 aliphatic rings. The fourth-order valence-electron chi connectivity index (χ4n) is 3.74. The Hall–Kier alpha value is -1.55. The highest BCUT2D eigenvalue weighted by atomic mass is 16.6. The van der Waals surface area contributed by atoms with E-state index in [1.165, 1.54) is 11.1 Å². The molecule has 0 N–H and O–H groups in total. The molecule has 1 aromatic carbocycles. The number of piperidine rings is 1. The normalized spacial score (nSPS) is 18.5. The van der Waals surface area contributed by atoms with Gasteiger partial charge in [-0.15, -0.1) is 0 Å². The van der Waals surface area contributed by atoms with E-state index in [1.807, 2.05) is 34.6 Å². The van der Waals surface area contributed by atoms with Crippen molar-refractivity contribution in [2.24, 2.45) is 0 Å². The first-order valence-electron chi connectivity index (χ1n) is 9.96. The minimum atomic E-state index is -0.397. The van der Waals surface area contributed by atoms with Crippen molar-refractivity contribution < 1.29 is 14.3 Å². The van der Waals surface area contributed by atoms with Gasteiger partial charge in [-0.05, 0) is 65.3 Å². The zero-order chi connectivity index (χ0) is 19.4. The van der Waals surface area contributed by atoms with Crippen LogP contribution in [0.3, 0.4) is 0 Å². The Morgan fingerprint density at radius 1 is 1.23 bits per heavy atom. The Morgan fingerprint density at radius 2 is 1.88 bits per heavy atom. The molecule has 1 saturated heterocycles. The summed E-state index contributed by atoms with van der Waals surface area (Å²) in [5, 5.41) is 0. The van der Waals surface area contributed by atoms with Gasteiger partial charge in [0, 0.05) is 17.5 Å². The molecule has 0 amide bonds. The van der Waals surface area contributed by atoms with Crippen LogP contribution < -0.4 is 4.74 Å². The largest absolute Gasteiger partial charge is 0.492 e. The van der Waals surface area contributed by atoms with Gasteiger partial charge in [-0.1, -0.05) is 26.0 Å². The highest BCUT2D eigenvalue weighted by Crippen LogP contribution is 2.45. The number of nitrogens with zero attached hydrogens (tertiary/aromatic N) is 1. The van der Waals surface area contributed by atoms with Gasteiger partial charge < -0.3 is 14.4 Å². The summed E-state index contributed by atoms with van der Waals surface area (Å²) in [5.41, 5.74) is 2.40. The van der Waals surface area contributed by atoms with Gasteiger partial charge in [-0.3, -0.25) is 4.79 Å². The van der Waals surface area contributed by atoms with Crippen LogP contribution in [-0.2, 0) is 14.9 Å². The topological polar surface area (TPSA) is 38.8 Å². The number of aryl methyl sites for hydroxylation is 1. The van der Waals surface area contributed by atoms with Crippen LogP contribution in [-0.4, -0.2) is 42.7 Å². The van der Waals surface area contributed by atoms with Gasteiger partial charge in [-0.25, -0.2) is 0 Å². The van der Waals surface area contributed by atoms with Crippen LogP contribution in [0.2, 0.25) is 0 Å². The highest BCUT2D eigenvalue weighted by molar-refractivity contribution is 5.70. The molecule has 0 saturated carbocycles. The molecule has 2 aliphatic heterocycles. The molecule has 0 bridgehead atoms. The van der Waals surface area contributed by atoms with E-state index >= 15 is 0 Å². The van der Waals surface area contributed by atoms with Gasteiger partial charge in [0.25, 0.3) is 0 Å². The number of benzene rings is 1. The summed E-state index contributed by atoms with van der Waals surface area (Å²) in [7, 11) is 0. The van der Waals surface area contributed by atoms with Crippen LogP contribution in [0, 0.1) is 6.92 Å². The predicted molar refractivity (Wildman–Crippen MR) is 106 cm³/mol. The molecule has 1 aromatic rings. The Morgan fingerprint density at radius 3 is 2.50 bits per heavy atom. The van der Waals surface area contributed by atoms with E-state index in [0.29, 0.717) is 6.42 Å². The molecule has 0 aromatic heterocycles. The molecule has 0 aliphatic carbocycles. The molecule has 0 unspecified atom stereocenters. The molecule has 1 spiro atoms. The summed E-state index contributed by atoms with van der Waals surface area (Å²) in [6, 6.07) is 6.58. The first kappa shape index (κ1) is 20.8. The molecule has 3 rings (SSSR count). The van der Waals surface area contributed by atoms with Crippen molar-refractivity contribution in [3.63, 3.8) is 0 Å². The van der Waals surface area contributed by atoms with E-state index in [4.69, 9.17) is 9.47 Å². The van der Waals surface area contributed by atoms with Gasteiger partial charge in [-0.2, -0.15) is 0 Å². The number of hydrogen-bond donors (Lipinski definition) is 0. The molecular formula is C22H35NO3. The van der Waals surface area contributed by atoms with Crippen molar-refractivity contribution in [3.05, 3.63) is 29.3 Å². The number of carbonyl (C=O) groups excluding carboxylic acids is 1. The Balaban J connectivity index is 0.00000117. The summed E-state index contributed by atoms with van der Waals surface area (Å²) >= 11 is 0. The van der Waals surface area contributed by atoms with Crippen LogP contribution in [0.1, 0.15) is 65.0 Å². The fraction of sp³-hybridized carbons (Fsp3) is 0.682. The lowest BCUT2D eigenvalue weighted by Crippen LogP contribution is -2.44. The van der Waals surface area contributed by atoms with Crippen LogP contribution in [0.15, 0.2) is 18.2 Å². The molecular weight excluding hydrogens is 326 g/mol. The van der Waals surface area contributed by atoms with Crippen molar-refractivity contribution in [1.82, 2.24) is 4.90 Å². The Kier molecular flexibility index (Phi) is 6.73. The zero-order valence-electron chi connectivity index (χ0n) is 17.4. The second kappa shape index (κ2) is 8.43. The zero-order valence-corrected chi connectivity index (χ0v) is 17.4. The Labute approximate surface area is 158 Å². The van der Waals surface area contributed by atoms with E-state index in [9.17, 15) is 4.79 Å². The van der Waals surface area contributed by atoms with Crippen LogP contribution >= 0.6 is 0 Å². The number of fused-ring (bicyclic) bond motifs is 2. The minimum absolute atomic E-state index is 0.104. The highest BCUT2D eigenvalue weighted by Gasteiger charge is 2.42. The molecule has 0 atom stereocenters. The lowest BCUT2D eigenvalue weighted by molar-refractivity contribution is -0.155. The number of esters is 1. The van der Waals surface area contributed by atoms with E-state index in [2.05, 4.69) is 30.0 Å². The quantitative estimate of drug-likeness (QED) is 0.744. The number of rotatable bonds is 3. The first-order chi connectivity index (χ1) is 12.3. The number of likely N-dealkylation sites (tertiary alicyclic amines) is 1. The SMILES string of the molecule is CC.Cc1ccc2c(c1)OCC21CCN(CCC(=O)OC(C)(C)C)CC1. The van der Waals surface area contributed by atoms with E-state index in [-0.39, 0.29) is 11.4 Å². The average Bonchev–Trinajstić information content (AvgIpc) is 2.92. The summed E-state index contributed by atoms with van der Waals surface area (Å²) in [5.74, 6) is 0.963. The third-order valence-electron chi connectivity index (χ3n) is 5.08. The molecule has 0 radical (unpaired) electrons. The molecule has 26 heavy (non-hydrogen) atoms. The maximum absolute atomic E-state index is 11.9. The van der Waals surface area contributed by atoms with Crippen LogP contribution in [0.25, 0.3) is 0 Å². The molecule has 4 heteroatoms. The molecule has 4 nitrogen and oxygen atoms in total. The number of carbonyl (C=O) groups is 1. The number of hydrogen-bond acceptors (Lipinski definition) is 4. The van der Waals surface area contributed by atoms with Crippen molar-refractivity contribution in [2.75, 3.05) is 26.2 Å². The van der Waals surface area contributed by atoms with Crippen molar-refractivity contribution in [1.29, 1.82) is 0 Å². The van der Waals surface area contributed by atoms with Crippen molar-refractivity contribution in [2.45, 2.75) is 71.8 Å². The van der Waals surface area contributed by atoms with Gasteiger partial charge >= 0.3 is 5.97 Å². The third-order valence-corrected chi connectivity index (χ3v) is 5.08. The van der Waals surface area contributed by atoms with Crippen LogP contribution in [0.5, 0.6) is 5.75 Å². The fourth-order valence-corrected chi connectivity index (χ4v) is 3.74. The van der Waals surface area contributed by atoms with Crippen molar-refractivity contribution in [3.8, 4) is 5.75 Å². The number of ether oxygens (including phenoxy) is 2. The standard InChI is InChI=1S/C20H29NO3.C2H6/c1-15-5-6-16-17(13-15)23-14-20(16)8-11-21(12-9-20)10-7-18(22)24-19(2,3)4;1-2/h5-6,13H,7-12,14H2,1-4H3;1-2H3. The summed E-state index contributed by atoms with van der Waals surface area (Å²) in [6.45, 7) is 15.4.